The van der Waals surface area contributed by atoms with E-state index in [2.05, 4.69) is 20.4 Å². The number of thiophene rings is 1. The van der Waals surface area contributed by atoms with E-state index in [9.17, 15) is 9.59 Å². The lowest BCUT2D eigenvalue weighted by Crippen LogP contribution is -2.28. The highest BCUT2D eigenvalue weighted by Gasteiger charge is 2.27. The van der Waals surface area contributed by atoms with E-state index in [1.165, 1.54) is 16.0 Å². The maximum atomic E-state index is 13.1. The topological polar surface area (TPSA) is 92.7 Å². The predicted octanol–water partition coefficient (Wildman–Crippen LogP) is 5.31. The number of hydrogen-bond acceptors (Lipinski definition) is 6. The third-order valence-corrected chi connectivity index (χ3v) is 6.02. The van der Waals surface area contributed by atoms with Crippen LogP contribution in [0.4, 0.5) is 5.82 Å². The van der Waals surface area contributed by atoms with Gasteiger partial charge in [-0.2, -0.15) is 9.78 Å². The number of nitrogens with one attached hydrogen (secondary N) is 2. The quantitative estimate of drug-likeness (QED) is 0.414. The van der Waals surface area contributed by atoms with E-state index >= 15 is 0 Å². The number of nitrogens with zero attached hydrogens (tertiary/aromatic N) is 3. The smallest absolute Gasteiger partial charge is 0.255 e. The molecular formula is C23H22ClN5O2S. The standard InChI is InChI=1S/C23H22ClN5O2S/c1-23(2,3)22(31)29-20(26-13-16-6-7-19(24)32-16)10-18(28-29)15-9-17(21(30)27-12-15)14-5-4-8-25-11-14/h4-12,26H,13H2,1-3H3,(H,27,30). The van der Waals surface area contributed by atoms with E-state index in [0.717, 1.165) is 4.88 Å². The molecule has 7 nitrogen and oxygen atoms in total. The van der Waals surface area contributed by atoms with Gasteiger partial charge in [0.05, 0.1) is 16.6 Å². The van der Waals surface area contributed by atoms with Gasteiger partial charge >= 0.3 is 0 Å². The summed E-state index contributed by atoms with van der Waals surface area (Å²) in [5, 5.41) is 7.87. The predicted molar refractivity (Wildman–Crippen MR) is 128 cm³/mol. The normalized spacial score (nSPS) is 11.5. The van der Waals surface area contributed by atoms with Crippen LogP contribution in [0.1, 0.15) is 30.4 Å². The summed E-state index contributed by atoms with van der Waals surface area (Å²) in [5.41, 5.74) is 1.59. The molecule has 4 aromatic heterocycles. The second-order valence-corrected chi connectivity index (χ2v) is 10.1. The third kappa shape index (κ3) is 4.66. The zero-order valence-corrected chi connectivity index (χ0v) is 19.4. The van der Waals surface area contributed by atoms with Gasteiger partial charge in [-0.1, -0.05) is 38.4 Å². The average Bonchev–Trinajstić information content (AvgIpc) is 3.38. The van der Waals surface area contributed by atoms with E-state index in [1.54, 1.807) is 36.8 Å². The summed E-state index contributed by atoms with van der Waals surface area (Å²) < 4.78 is 2.09. The first-order valence-electron chi connectivity index (χ1n) is 9.99. The van der Waals surface area contributed by atoms with Gasteiger partial charge in [0.25, 0.3) is 11.5 Å². The van der Waals surface area contributed by atoms with Crippen molar-refractivity contribution in [1.82, 2.24) is 19.7 Å². The first kappa shape index (κ1) is 22.0. The summed E-state index contributed by atoms with van der Waals surface area (Å²) in [7, 11) is 0. The average molecular weight is 468 g/mol. The molecule has 4 heterocycles. The van der Waals surface area contributed by atoms with Crippen LogP contribution in [0.2, 0.25) is 4.34 Å². The summed E-state index contributed by atoms with van der Waals surface area (Å²) in [6.45, 7) is 6.05. The Hall–Kier alpha value is -3.23. The largest absolute Gasteiger partial charge is 0.365 e. The summed E-state index contributed by atoms with van der Waals surface area (Å²) in [5.74, 6) is 0.422. The summed E-state index contributed by atoms with van der Waals surface area (Å²) in [6, 6.07) is 10.9. The zero-order valence-electron chi connectivity index (χ0n) is 17.8. The number of carbonyl (C=O) groups is 1. The number of aromatic nitrogens is 4. The Bertz CT molecular complexity index is 1320. The monoisotopic (exact) mass is 467 g/mol. The number of carbonyl (C=O) groups excluding carboxylic acids is 1. The summed E-state index contributed by atoms with van der Waals surface area (Å²) >= 11 is 7.51. The maximum absolute atomic E-state index is 13.1. The van der Waals surface area contributed by atoms with Gasteiger partial charge in [-0.25, -0.2) is 0 Å². The molecule has 0 bridgehead atoms. The number of anilines is 1. The Morgan fingerprint density at radius 1 is 1.22 bits per heavy atom. The number of H-pyrrole nitrogens is 1. The van der Waals surface area contributed by atoms with E-state index in [-0.39, 0.29) is 11.5 Å². The number of aromatic amines is 1. The van der Waals surface area contributed by atoms with E-state index in [4.69, 9.17) is 11.6 Å². The van der Waals surface area contributed by atoms with Crippen LogP contribution in [-0.4, -0.2) is 25.7 Å². The molecule has 0 spiro atoms. The fraction of sp³-hybridized carbons (Fsp3) is 0.217. The van der Waals surface area contributed by atoms with E-state index < -0.39 is 5.41 Å². The molecule has 0 saturated heterocycles. The van der Waals surface area contributed by atoms with Crippen LogP contribution in [0.15, 0.2) is 59.8 Å². The Labute approximate surface area is 194 Å². The molecule has 0 aromatic carbocycles. The highest BCUT2D eigenvalue weighted by Crippen LogP contribution is 2.28. The number of halogens is 1. The number of hydrogen-bond donors (Lipinski definition) is 2. The number of pyridine rings is 2. The van der Waals surface area contributed by atoms with E-state index in [1.807, 2.05) is 39.0 Å². The summed E-state index contributed by atoms with van der Waals surface area (Å²) in [4.78, 5) is 33.3. The molecule has 0 fully saturated rings. The summed E-state index contributed by atoms with van der Waals surface area (Å²) in [6.07, 6.45) is 4.88. The molecule has 4 rings (SSSR count). The van der Waals surface area contributed by atoms with Crippen molar-refractivity contribution in [3.05, 3.63) is 74.6 Å². The second-order valence-electron chi connectivity index (χ2n) is 8.31. The Balaban J connectivity index is 1.74. The Morgan fingerprint density at radius 2 is 2.03 bits per heavy atom. The fourth-order valence-electron chi connectivity index (χ4n) is 3.11. The fourth-order valence-corrected chi connectivity index (χ4v) is 4.14. The van der Waals surface area contributed by atoms with Crippen LogP contribution >= 0.6 is 22.9 Å². The SMILES string of the molecule is CC(C)(C)C(=O)n1nc(-c2c[nH]c(=O)c(-c3cccnc3)c2)cc1NCc1ccc(Cl)s1. The molecule has 0 aliphatic rings. The van der Waals surface area contributed by atoms with Crippen LogP contribution in [0.5, 0.6) is 0 Å². The Kier molecular flexibility index (Phi) is 5.99. The van der Waals surface area contributed by atoms with E-state index in [0.29, 0.717) is 39.1 Å². The highest BCUT2D eigenvalue weighted by molar-refractivity contribution is 7.16. The lowest BCUT2D eigenvalue weighted by Gasteiger charge is -2.18. The minimum atomic E-state index is -0.627. The second kappa shape index (κ2) is 8.72. The maximum Gasteiger partial charge on any atom is 0.255 e. The molecule has 0 amide bonds. The molecule has 0 unspecified atom stereocenters. The Morgan fingerprint density at radius 3 is 2.69 bits per heavy atom. The number of rotatable bonds is 5. The van der Waals surface area contributed by atoms with Crippen LogP contribution in [-0.2, 0) is 6.54 Å². The molecular weight excluding hydrogens is 446 g/mol. The molecule has 164 valence electrons. The van der Waals surface area contributed by atoms with Crippen LogP contribution < -0.4 is 10.9 Å². The van der Waals surface area contributed by atoms with Crippen molar-refractivity contribution in [1.29, 1.82) is 0 Å². The zero-order chi connectivity index (χ0) is 22.9. The minimum Gasteiger partial charge on any atom is -0.365 e. The molecule has 32 heavy (non-hydrogen) atoms. The van der Waals surface area contributed by atoms with Crippen molar-refractivity contribution < 1.29 is 4.79 Å². The lowest BCUT2D eigenvalue weighted by molar-refractivity contribution is 0.0752. The van der Waals surface area contributed by atoms with Crippen molar-refractivity contribution in [3.8, 4) is 22.4 Å². The van der Waals surface area contributed by atoms with Gasteiger partial charge < -0.3 is 10.3 Å². The highest BCUT2D eigenvalue weighted by atomic mass is 35.5. The van der Waals surface area contributed by atoms with Crippen molar-refractivity contribution in [2.45, 2.75) is 27.3 Å². The van der Waals surface area contributed by atoms with Gasteiger partial charge in [0.2, 0.25) is 0 Å². The van der Waals surface area contributed by atoms with Crippen LogP contribution in [0, 0.1) is 5.41 Å². The molecule has 0 radical (unpaired) electrons. The van der Waals surface area contributed by atoms with Crippen molar-refractivity contribution in [3.63, 3.8) is 0 Å². The van der Waals surface area contributed by atoms with Gasteiger partial charge in [-0.3, -0.25) is 14.6 Å². The minimum absolute atomic E-state index is 0.146. The van der Waals surface area contributed by atoms with Gasteiger partial charge in [0.15, 0.2) is 0 Å². The first-order valence-corrected chi connectivity index (χ1v) is 11.2. The molecule has 0 saturated carbocycles. The van der Waals surface area contributed by atoms with Crippen molar-refractivity contribution >= 4 is 34.7 Å². The van der Waals surface area contributed by atoms with Crippen LogP contribution in [0.3, 0.4) is 0 Å². The van der Waals surface area contributed by atoms with Gasteiger partial charge in [-0.05, 0) is 24.3 Å². The van der Waals surface area contributed by atoms with Crippen molar-refractivity contribution in [2.75, 3.05) is 5.32 Å². The molecule has 2 N–H and O–H groups in total. The van der Waals surface area contributed by atoms with Crippen molar-refractivity contribution in [2.24, 2.45) is 5.41 Å². The van der Waals surface area contributed by atoms with Gasteiger partial charge in [0, 0.05) is 51.6 Å². The van der Waals surface area contributed by atoms with Gasteiger partial charge in [-0.15, -0.1) is 11.3 Å². The molecule has 0 aliphatic heterocycles. The van der Waals surface area contributed by atoms with Crippen LogP contribution in [0.25, 0.3) is 22.4 Å². The third-order valence-electron chi connectivity index (χ3n) is 4.79. The molecule has 0 aliphatic carbocycles. The lowest BCUT2D eigenvalue weighted by atomic mass is 9.96. The molecule has 9 heteroatoms. The molecule has 0 atom stereocenters. The molecule has 4 aromatic rings. The first-order chi connectivity index (χ1) is 15.2. The van der Waals surface area contributed by atoms with Gasteiger partial charge in [0.1, 0.15) is 5.82 Å².